The Hall–Kier alpha value is -2.26. The third-order valence-electron chi connectivity index (χ3n) is 2.67. The lowest BCUT2D eigenvalue weighted by atomic mass is 10.2. The zero-order valence-corrected chi connectivity index (χ0v) is 14.4. The number of benzene rings is 1. The molecule has 0 saturated heterocycles. The summed E-state index contributed by atoms with van der Waals surface area (Å²) in [6.07, 6.45) is 1.35. The van der Waals surface area contributed by atoms with Gasteiger partial charge >= 0.3 is 5.00 Å². The highest BCUT2D eigenvalue weighted by atomic mass is 79.9. The minimum atomic E-state index is -0.477. The molecule has 2 aromatic rings. The van der Waals surface area contributed by atoms with Crippen LogP contribution in [-0.4, -0.2) is 23.7 Å². The molecule has 0 radical (unpaired) electrons. The summed E-state index contributed by atoms with van der Waals surface area (Å²) in [5.41, 5.74) is 3.21. The van der Waals surface area contributed by atoms with Crippen LogP contribution in [0.2, 0.25) is 0 Å². The lowest BCUT2D eigenvalue weighted by Crippen LogP contribution is -2.24. The van der Waals surface area contributed by atoms with Crippen molar-refractivity contribution in [3.8, 4) is 5.75 Å². The van der Waals surface area contributed by atoms with Crippen molar-refractivity contribution in [1.29, 1.82) is 0 Å². The lowest BCUT2D eigenvalue weighted by Gasteiger charge is -2.08. The molecule has 2 rings (SSSR count). The highest BCUT2D eigenvalue weighted by Crippen LogP contribution is 2.23. The number of aryl methyl sites for hydroxylation is 1. The van der Waals surface area contributed by atoms with Crippen LogP contribution in [-0.2, 0) is 4.79 Å². The standard InChI is InChI=1S/C14H12BrN3O4S/c1-9-6-10(15)2-4-12(9)22-8-13(19)17-16-7-11-3-5-14(23-11)18(20)21/h2-7H,8H2,1H3,(H,17,19)/b16-7+. The van der Waals surface area contributed by atoms with Crippen LogP contribution >= 0.6 is 27.3 Å². The first kappa shape index (κ1) is 17.1. The summed E-state index contributed by atoms with van der Waals surface area (Å²) in [7, 11) is 0. The van der Waals surface area contributed by atoms with E-state index in [2.05, 4.69) is 26.5 Å². The van der Waals surface area contributed by atoms with Crippen molar-refractivity contribution in [1.82, 2.24) is 5.43 Å². The van der Waals surface area contributed by atoms with E-state index in [4.69, 9.17) is 4.74 Å². The number of hydrogen-bond donors (Lipinski definition) is 1. The molecule has 0 aliphatic heterocycles. The number of halogens is 1. The Balaban J connectivity index is 1.82. The first-order valence-corrected chi connectivity index (χ1v) is 8.02. The maximum atomic E-state index is 11.6. The fraction of sp³-hybridized carbons (Fsp3) is 0.143. The van der Waals surface area contributed by atoms with Gasteiger partial charge in [0, 0.05) is 10.5 Å². The van der Waals surface area contributed by atoms with Crippen molar-refractivity contribution < 1.29 is 14.5 Å². The van der Waals surface area contributed by atoms with E-state index in [0.29, 0.717) is 10.6 Å². The monoisotopic (exact) mass is 397 g/mol. The minimum absolute atomic E-state index is 0.0202. The zero-order valence-electron chi connectivity index (χ0n) is 12.0. The summed E-state index contributed by atoms with van der Waals surface area (Å²) in [5, 5.41) is 14.3. The van der Waals surface area contributed by atoms with Gasteiger partial charge in [-0.2, -0.15) is 5.10 Å². The molecule has 0 bridgehead atoms. The van der Waals surface area contributed by atoms with E-state index >= 15 is 0 Å². The van der Waals surface area contributed by atoms with E-state index in [0.717, 1.165) is 21.4 Å². The van der Waals surface area contributed by atoms with Gasteiger partial charge in [0.15, 0.2) is 6.61 Å². The second kappa shape index (κ2) is 7.84. The molecule has 1 aromatic carbocycles. The minimum Gasteiger partial charge on any atom is -0.483 e. The fourth-order valence-electron chi connectivity index (χ4n) is 1.63. The van der Waals surface area contributed by atoms with E-state index in [9.17, 15) is 14.9 Å². The van der Waals surface area contributed by atoms with Crippen LogP contribution in [0, 0.1) is 17.0 Å². The van der Waals surface area contributed by atoms with Gasteiger partial charge in [-0.15, -0.1) is 0 Å². The molecule has 1 N–H and O–H groups in total. The first-order chi connectivity index (χ1) is 11.0. The Bertz CT molecular complexity index is 760. The van der Waals surface area contributed by atoms with Gasteiger partial charge in [0.1, 0.15) is 5.75 Å². The third kappa shape index (κ3) is 5.15. The molecule has 0 unspecified atom stereocenters. The normalized spacial score (nSPS) is 10.7. The molecule has 0 saturated carbocycles. The number of hydrazone groups is 1. The summed E-state index contributed by atoms with van der Waals surface area (Å²) in [5.74, 6) is 0.191. The van der Waals surface area contributed by atoms with E-state index in [-0.39, 0.29) is 11.6 Å². The van der Waals surface area contributed by atoms with Crippen LogP contribution < -0.4 is 10.2 Å². The van der Waals surface area contributed by atoms with Crippen molar-refractivity contribution in [2.45, 2.75) is 6.92 Å². The molecule has 1 heterocycles. The molecule has 1 aromatic heterocycles. The average Bonchev–Trinajstić information content (AvgIpc) is 2.95. The van der Waals surface area contributed by atoms with Crippen LogP contribution in [0.15, 0.2) is 39.9 Å². The SMILES string of the molecule is Cc1cc(Br)ccc1OCC(=O)N/N=C/c1ccc([N+](=O)[O-])s1. The molecule has 9 heteroatoms. The van der Waals surface area contributed by atoms with Gasteiger partial charge in [-0.3, -0.25) is 14.9 Å². The van der Waals surface area contributed by atoms with Crippen molar-refractivity contribution in [3.05, 3.63) is 55.4 Å². The van der Waals surface area contributed by atoms with Gasteiger partial charge < -0.3 is 4.74 Å². The molecule has 0 fully saturated rings. The van der Waals surface area contributed by atoms with Gasteiger partial charge in [0.05, 0.1) is 16.0 Å². The summed E-state index contributed by atoms with van der Waals surface area (Å²) in [6.45, 7) is 1.70. The molecule has 7 nitrogen and oxygen atoms in total. The maximum Gasteiger partial charge on any atom is 0.324 e. The topological polar surface area (TPSA) is 93.8 Å². The lowest BCUT2D eigenvalue weighted by molar-refractivity contribution is -0.380. The highest BCUT2D eigenvalue weighted by Gasteiger charge is 2.08. The van der Waals surface area contributed by atoms with Crippen molar-refractivity contribution in [2.75, 3.05) is 6.61 Å². The molecule has 0 spiro atoms. The number of hydrogen-bond acceptors (Lipinski definition) is 6. The number of rotatable bonds is 6. The maximum absolute atomic E-state index is 11.6. The Morgan fingerprint density at radius 3 is 2.91 bits per heavy atom. The molecule has 0 aliphatic rings. The van der Waals surface area contributed by atoms with Crippen LogP contribution in [0.5, 0.6) is 5.75 Å². The molecule has 23 heavy (non-hydrogen) atoms. The van der Waals surface area contributed by atoms with E-state index in [1.54, 1.807) is 12.1 Å². The van der Waals surface area contributed by atoms with Crippen molar-refractivity contribution in [2.24, 2.45) is 5.10 Å². The van der Waals surface area contributed by atoms with Crippen molar-refractivity contribution in [3.63, 3.8) is 0 Å². The van der Waals surface area contributed by atoms with Crippen LogP contribution in [0.25, 0.3) is 0 Å². The first-order valence-electron chi connectivity index (χ1n) is 6.41. The molecular formula is C14H12BrN3O4S. The zero-order chi connectivity index (χ0) is 16.8. The second-order valence-electron chi connectivity index (χ2n) is 4.42. The molecular weight excluding hydrogens is 386 g/mol. The number of carbonyl (C=O) groups is 1. The number of ether oxygens (including phenoxy) is 1. The number of amides is 1. The largest absolute Gasteiger partial charge is 0.483 e. The summed E-state index contributed by atoms with van der Waals surface area (Å²) in [4.78, 5) is 22.3. The van der Waals surface area contributed by atoms with Crippen molar-refractivity contribution >= 4 is 44.4 Å². The van der Waals surface area contributed by atoms with Gasteiger partial charge in [-0.1, -0.05) is 27.3 Å². The second-order valence-corrected chi connectivity index (χ2v) is 6.43. The number of nitro groups is 1. The van der Waals surface area contributed by atoms with Gasteiger partial charge in [0.25, 0.3) is 5.91 Å². The predicted molar refractivity (Wildman–Crippen MR) is 91.1 cm³/mol. The molecule has 120 valence electrons. The quantitative estimate of drug-likeness (QED) is 0.459. The summed E-state index contributed by atoms with van der Waals surface area (Å²) in [6, 6.07) is 8.41. The predicted octanol–water partition coefficient (Wildman–Crippen LogP) is 3.26. The molecule has 0 atom stereocenters. The number of thiophene rings is 1. The van der Waals surface area contributed by atoms with Gasteiger partial charge in [-0.25, -0.2) is 5.43 Å². The van der Waals surface area contributed by atoms with E-state index < -0.39 is 10.8 Å². The number of nitrogens with one attached hydrogen (secondary N) is 1. The summed E-state index contributed by atoms with van der Waals surface area (Å²) < 4.78 is 6.33. The van der Waals surface area contributed by atoms with E-state index in [1.165, 1.54) is 12.3 Å². The third-order valence-corrected chi connectivity index (χ3v) is 4.13. The van der Waals surface area contributed by atoms with Crippen LogP contribution in [0.1, 0.15) is 10.4 Å². The smallest absolute Gasteiger partial charge is 0.324 e. The number of nitrogens with zero attached hydrogens (tertiary/aromatic N) is 2. The van der Waals surface area contributed by atoms with E-state index in [1.807, 2.05) is 19.1 Å². The van der Waals surface area contributed by atoms with Gasteiger partial charge in [-0.05, 0) is 36.8 Å². The Morgan fingerprint density at radius 1 is 1.48 bits per heavy atom. The Kier molecular flexibility index (Phi) is 5.83. The highest BCUT2D eigenvalue weighted by molar-refractivity contribution is 9.10. The average molecular weight is 398 g/mol. The number of carbonyl (C=O) groups excluding carboxylic acids is 1. The summed E-state index contributed by atoms with van der Waals surface area (Å²) >= 11 is 4.32. The van der Waals surface area contributed by atoms with Crippen LogP contribution in [0.3, 0.4) is 0 Å². The Labute approximate surface area is 144 Å². The van der Waals surface area contributed by atoms with Crippen LogP contribution in [0.4, 0.5) is 5.00 Å². The fourth-order valence-corrected chi connectivity index (χ4v) is 2.80. The Morgan fingerprint density at radius 2 is 2.26 bits per heavy atom. The molecule has 1 amide bonds. The molecule has 0 aliphatic carbocycles. The van der Waals surface area contributed by atoms with Gasteiger partial charge in [0.2, 0.25) is 0 Å².